The number of nitrogens with one attached hydrogen (secondary N) is 2. The zero-order valence-corrected chi connectivity index (χ0v) is 15.3. The first kappa shape index (κ1) is 19.5. The summed E-state index contributed by atoms with van der Waals surface area (Å²) in [5.41, 5.74) is -0.128. The van der Waals surface area contributed by atoms with Gasteiger partial charge in [0.2, 0.25) is 5.95 Å². The van der Waals surface area contributed by atoms with Crippen molar-refractivity contribution in [3.8, 4) is 5.75 Å². The van der Waals surface area contributed by atoms with E-state index in [0.717, 1.165) is 17.5 Å². The van der Waals surface area contributed by atoms with Crippen LogP contribution in [-0.2, 0) is 6.18 Å². The van der Waals surface area contributed by atoms with Crippen molar-refractivity contribution in [1.29, 1.82) is 0 Å². The molecule has 0 fully saturated rings. The van der Waals surface area contributed by atoms with Crippen molar-refractivity contribution in [3.05, 3.63) is 66.4 Å². The molecule has 3 aromatic rings. The van der Waals surface area contributed by atoms with Crippen LogP contribution in [0.1, 0.15) is 19.4 Å². The van der Waals surface area contributed by atoms with Gasteiger partial charge in [-0.25, -0.2) is 4.98 Å². The summed E-state index contributed by atoms with van der Waals surface area (Å²) < 4.78 is 45.0. The standard InChI is InChI=1S/C20H19F3N4O/c1-13(2)28-15-9-7-14(8-10-15)25-18-11-12-24-19(27-18)26-17-6-4-3-5-16(17)20(21,22)23/h3-13H,1-2H3,(H2,24,25,26,27). The number of rotatable bonds is 6. The first-order chi connectivity index (χ1) is 13.3. The second-order valence-corrected chi connectivity index (χ2v) is 6.25. The fourth-order valence-electron chi connectivity index (χ4n) is 2.49. The molecule has 0 unspecified atom stereocenters. The summed E-state index contributed by atoms with van der Waals surface area (Å²) in [5.74, 6) is 1.25. The Hall–Kier alpha value is -3.29. The number of aromatic nitrogens is 2. The van der Waals surface area contributed by atoms with Gasteiger partial charge in [0.05, 0.1) is 17.4 Å². The fourth-order valence-corrected chi connectivity index (χ4v) is 2.49. The van der Waals surface area contributed by atoms with E-state index in [2.05, 4.69) is 20.6 Å². The average Bonchev–Trinajstić information content (AvgIpc) is 2.63. The number of hydrogen-bond acceptors (Lipinski definition) is 5. The van der Waals surface area contributed by atoms with Crippen LogP contribution in [-0.4, -0.2) is 16.1 Å². The third kappa shape index (κ3) is 5.12. The molecule has 0 radical (unpaired) electrons. The van der Waals surface area contributed by atoms with Gasteiger partial charge in [-0.3, -0.25) is 0 Å². The molecule has 0 bridgehead atoms. The highest BCUT2D eigenvalue weighted by Gasteiger charge is 2.33. The predicted octanol–water partition coefficient (Wildman–Crippen LogP) is 5.77. The van der Waals surface area contributed by atoms with Crippen molar-refractivity contribution in [3.63, 3.8) is 0 Å². The summed E-state index contributed by atoms with van der Waals surface area (Å²) in [6.07, 6.45) is -2.93. The van der Waals surface area contributed by atoms with Gasteiger partial charge in [0, 0.05) is 11.9 Å². The molecule has 0 spiro atoms. The molecule has 0 amide bonds. The van der Waals surface area contributed by atoms with Gasteiger partial charge in [-0.2, -0.15) is 18.2 Å². The zero-order chi connectivity index (χ0) is 20.1. The number of ether oxygens (including phenoxy) is 1. The van der Waals surface area contributed by atoms with E-state index in [1.807, 2.05) is 38.1 Å². The molecule has 28 heavy (non-hydrogen) atoms. The van der Waals surface area contributed by atoms with Gasteiger partial charge < -0.3 is 15.4 Å². The number of para-hydroxylation sites is 1. The summed E-state index contributed by atoms with van der Waals surface area (Å²) >= 11 is 0. The highest BCUT2D eigenvalue weighted by Crippen LogP contribution is 2.35. The Labute approximate surface area is 160 Å². The van der Waals surface area contributed by atoms with Crippen molar-refractivity contribution in [1.82, 2.24) is 9.97 Å². The minimum absolute atomic E-state index is 0.0569. The van der Waals surface area contributed by atoms with Crippen LogP contribution in [0.3, 0.4) is 0 Å². The molecule has 2 N–H and O–H groups in total. The van der Waals surface area contributed by atoms with Crippen molar-refractivity contribution in [2.24, 2.45) is 0 Å². The Kier molecular flexibility index (Phi) is 5.67. The normalized spacial score (nSPS) is 11.4. The Bertz CT molecular complexity index is 927. The van der Waals surface area contributed by atoms with Crippen LogP contribution in [0, 0.1) is 0 Å². The van der Waals surface area contributed by atoms with Gasteiger partial charge in [0.15, 0.2) is 0 Å². The molecule has 1 heterocycles. The van der Waals surface area contributed by atoms with Crippen LogP contribution in [0.5, 0.6) is 5.75 Å². The van der Waals surface area contributed by atoms with E-state index in [1.54, 1.807) is 6.07 Å². The Morgan fingerprint density at radius 2 is 1.64 bits per heavy atom. The maximum atomic E-state index is 13.1. The quantitative estimate of drug-likeness (QED) is 0.561. The fraction of sp³-hybridized carbons (Fsp3) is 0.200. The molecular formula is C20H19F3N4O. The maximum absolute atomic E-state index is 13.1. The van der Waals surface area contributed by atoms with Crippen LogP contribution < -0.4 is 15.4 Å². The van der Waals surface area contributed by atoms with Crippen LogP contribution >= 0.6 is 0 Å². The Morgan fingerprint density at radius 3 is 2.32 bits per heavy atom. The topological polar surface area (TPSA) is 59.1 Å². The lowest BCUT2D eigenvalue weighted by atomic mass is 10.1. The molecule has 0 aliphatic rings. The van der Waals surface area contributed by atoms with Crippen molar-refractivity contribution >= 4 is 23.1 Å². The lowest BCUT2D eigenvalue weighted by Gasteiger charge is -2.14. The highest BCUT2D eigenvalue weighted by atomic mass is 19.4. The molecule has 0 saturated heterocycles. The molecular weight excluding hydrogens is 369 g/mol. The summed E-state index contributed by atoms with van der Waals surface area (Å²) in [6, 6.07) is 14.1. The summed E-state index contributed by atoms with van der Waals surface area (Å²) in [5, 5.41) is 5.72. The van der Waals surface area contributed by atoms with E-state index in [0.29, 0.717) is 5.82 Å². The van der Waals surface area contributed by atoms with Crippen molar-refractivity contribution in [2.45, 2.75) is 26.1 Å². The molecule has 3 rings (SSSR count). The number of halogens is 3. The van der Waals surface area contributed by atoms with Crippen LogP contribution in [0.25, 0.3) is 0 Å². The molecule has 0 atom stereocenters. The van der Waals surface area contributed by atoms with E-state index in [9.17, 15) is 13.2 Å². The van der Waals surface area contributed by atoms with E-state index < -0.39 is 11.7 Å². The molecule has 0 aliphatic carbocycles. The van der Waals surface area contributed by atoms with Crippen LogP contribution in [0.4, 0.5) is 36.3 Å². The minimum Gasteiger partial charge on any atom is -0.491 e. The van der Waals surface area contributed by atoms with Crippen molar-refractivity contribution < 1.29 is 17.9 Å². The second-order valence-electron chi connectivity index (χ2n) is 6.25. The first-order valence-electron chi connectivity index (χ1n) is 8.61. The van der Waals surface area contributed by atoms with E-state index in [-0.39, 0.29) is 17.7 Å². The van der Waals surface area contributed by atoms with Crippen LogP contribution in [0.15, 0.2) is 60.8 Å². The largest absolute Gasteiger partial charge is 0.491 e. The van der Waals surface area contributed by atoms with Crippen LogP contribution in [0.2, 0.25) is 0 Å². The second kappa shape index (κ2) is 8.16. The van der Waals surface area contributed by atoms with Gasteiger partial charge >= 0.3 is 6.18 Å². The molecule has 0 saturated carbocycles. The number of alkyl halides is 3. The number of hydrogen-bond donors (Lipinski definition) is 2. The van der Waals surface area contributed by atoms with E-state index >= 15 is 0 Å². The molecule has 2 aromatic carbocycles. The van der Waals surface area contributed by atoms with Gasteiger partial charge in [-0.1, -0.05) is 12.1 Å². The van der Waals surface area contributed by atoms with Gasteiger partial charge in [0.1, 0.15) is 11.6 Å². The molecule has 0 aliphatic heterocycles. The lowest BCUT2D eigenvalue weighted by Crippen LogP contribution is -2.09. The van der Waals surface area contributed by atoms with Gasteiger partial charge in [-0.15, -0.1) is 0 Å². The third-order valence-electron chi connectivity index (χ3n) is 3.63. The molecule has 1 aromatic heterocycles. The lowest BCUT2D eigenvalue weighted by molar-refractivity contribution is -0.136. The zero-order valence-electron chi connectivity index (χ0n) is 15.3. The van der Waals surface area contributed by atoms with E-state index in [4.69, 9.17) is 4.74 Å². The predicted molar refractivity (Wildman–Crippen MR) is 102 cm³/mol. The van der Waals surface area contributed by atoms with E-state index in [1.165, 1.54) is 24.4 Å². The molecule has 146 valence electrons. The smallest absolute Gasteiger partial charge is 0.418 e. The maximum Gasteiger partial charge on any atom is 0.418 e. The Balaban J connectivity index is 1.75. The summed E-state index contributed by atoms with van der Waals surface area (Å²) in [6.45, 7) is 3.89. The molecule has 8 heteroatoms. The van der Waals surface area contributed by atoms with Crippen molar-refractivity contribution in [2.75, 3.05) is 10.6 Å². The molecule has 5 nitrogen and oxygen atoms in total. The van der Waals surface area contributed by atoms with Gasteiger partial charge in [0.25, 0.3) is 0 Å². The minimum atomic E-state index is -4.47. The Morgan fingerprint density at radius 1 is 0.929 bits per heavy atom. The SMILES string of the molecule is CC(C)Oc1ccc(Nc2ccnc(Nc3ccccc3C(F)(F)F)n2)cc1. The third-order valence-corrected chi connectivity index (χ3v) is 3.63. The summed E-state index contributed by atoms with van der Waals surface area (Å²) in [4.78, 5) is 8.22. The van der Waals surface area contributed by atoms with Gasteiger partial charge in [-0.05, 0) is 56.3 Å². The number of benzene rings is 2. The average molecular weight is 388 g/mol. The first-order valence-corrected chi connectivity index (χ1v) is 8.61. The monoisotopic (exact) mass is 388 g/mol. The number of anilines is 4. The highest BCUT2D eigenvalue weighted by molar-refractivity contribution is 5.62. The number of nitrogens with zero attached hydrogens (tertiary/aromatic N) is 2. The summed E-state index contributed by atoms with van der Waals surface area (Å²) in [7, 11) is 0.